The number of thioether (sulfide) groups is 1. The minimum absolute atomic E-state index is 0.257. The summed E-state index contributed by atoms with van der Waals surface area (Å²) in [6.45, 7) is 5.29. The van der Waals surface area contributed by atoms with Crippen LogP contribution in [0.15, 0.2) is 35.3 Å². The maximum Gasteiger partial charge on any atom is 0.194 e. The van der Waals surface area contributed by atoms with Crippen LogP contribution in [0.4, 0.5) is 0 Å². The average molecular weight is 417 g/mol. The van der Waals surface area contributed by atoms with E-state index in [1.54, 1.807) is 0 Å². The molecule has 1 saturated heterocycles. The van der Waals surface area contributed by atoms with Gasteiger partial charge in [-0.1, -0.05) is 18.2 Å². The quantitative estimate of drug-likeness (QED) is 0.405. The van der Waals surface area contributed by atoms with Gasteiger partial charge in [0.15, 0.2) is 11.8 Å². The molecule has 1 N–H and O–H groups in total. The Morgan fingerprint density at radius 2 is 2.00 bits per heavy atom. The number of benzene rings is 1. The summed E-state index contributed by atoms with van der Waals surface area (Å²) in [4.78, 5) is 7.20. The van der Waals surface area contributed by atoms with Crippen LogP contribution in [0.5, 0.6) is 5.75 Å². The van der Waals surface area contributed by atoms with Crippen LogP contribution in [0.2, 0.25) is 0 Å². The van der Waals surface area contributed by atoms with Gasteiger partial charge in [0, 0.05) is 39.5 Å². The van der Waals surface area contributed by atoms with Crippen LogP contribution in [0.3, 0.4) is 0 Å². The number of guanidine groups is 1. The molecule has 0 atom stereocenters. The lowest BCUT2D eigenvalue weighted by molar-refractivity contribution is 0.129. The van der Waals surface area contributed by atoms with Crippen molar-refractivity contribution in [1.29, 1.82) is 0 Å². The Morgan fingerprint density at radius 3 is 2.66 bits per heavy atom. The van der Waals surface area contributed by atoms with Crippen molar-refractivity contribution in [3.8, 4) is 5.75 Å². The van der Waals surface area contributed by atoms with Crippen molar-refractivity contribution >= 4 is 17.7 Å². The fourth-order valence-electron chi connectivity index (χ4n) is 3.30. The topological polar surface area (TPSA) is 67.6 Å². The van der Waals surface area contributed by atoms with Crippen LogP contribution in [0, 0.1) is 6.92 Å². The molecule has 2 aromatic rings. The largest absolute Gasteiger partial charge is 0.490 e. The standard InChI is InChI=1S/C21H32N6OS/c1-17-24-25-20(26(17)2)16-23-21(22-12-7-15-29-3)27-13-10-19(11-14-27)28-18-8-5-4-6-9-18/h4-6,8-9,19H,7,10-16H2,1-3H3,(H,22,23). The molecule has 0 unspecified atom stereocenters. The van der Waals surface area contributed by atoms with Gasteiger partial charge in [-0.2, -0.15) is 11.8 Å². The minimum atomic E-state index is 0.257. The molecule has 8 heteroatoms. The highest BCUT2D eigenvalue weighted by Crippen LogP contribution is 2.19. The monoisotopic (exact) mass is 416 g/mol. The summed E-state index contributed by atoms with van der Waals surface area (Å²) in [7, 11) is 1.98. The Kier molecular flexibility index (Phi) is 8.22. The highest BCUT2D eigenvalue weighted by Gasteiger charge is 2.23. The van der Waals surface area contributed by atoms with Gasteiger partial charge < -0.3 is 19.5 Å². The van der Waals surface area contributed by atoms with Crippen molar-refractivity contribution in [2.45, 2.75) is 38.8 Å². The van der Waals surface area contributed by atoms with E-state index in [4.69, 9.17) is 9.73 Å². The van der Waals surface area contributed by atoms with Gasteiger partial charge >= 0.3 is 0 Å². The van der Waals surface area contributed by atoms with Crippen molar-refractivity contribution in [2.24, 2.45) is 12.0 Å². The van der Waals surface area contributed by atoms with Gasteiger partial charge in [-0.25, -0.2) is 4.99 Å². The first kappa shape index (κ1) is 21.5. The second-order valence-electron chi connectivity index (χ2n) is 7.25. The number of ether oxygens (including phenoxy) is 1. The summed E-state index contributed by atoms with van der Waals surface area (Å²) >= 11 is 1.87. The molecule has 1 aromatic carbocycles. The Bertz CT molecular complexity index is 771. The molecule has 0 radical (unpaired) electrons. The molecule has 1 aromatic heterocycles. The smallest absolute Gasteiger partial charge is 0.194 e. The van der Waals surface area contributed by atoms with Crippen molar-refractivity contribution in [1.82, 2.24) is 25.0 Å². The molecular formula is C21H32N6OS. The lowest BCUT2D eigenvalue weighted by Gasteiger charge is -2.34. The van der Waals surface area contributed by atoms with Crippen molar-refractivity contribution < 1.29 is 4.74 Å². The molecule has 0 aliphatic carbocycles. The van der Waals surface area contributed by atoms with Crippen LogP contribution in [-0.4, -0.2) is 63.4 Å². The molecule has 0 bridgehead atoms. The molecule has 158 valence electrons. The number of nitrogens with zero attached hydrogens (tertiary/aromatic N) is 5. The number of hydrogen-bond donors (Lipinski definition) is 1. The second kappa shape index (κ2) is 11.1. The number of rotatable bonds is 8. The van der Waals surface area contributed by atoms with E-state index in [0.717, 1.165) is 68.0 Å². The Hall–Kier alpha value is -2.22. The third kappa shape index (κ3) is 6.39. The maximum atomic E-state index is 6.13. The lowest BCUT2D eigenvalue weighted by Crippen LogP contribution is -2.47. The molecule has 0 amide bonds. The molecule has 2 heterocycles. The first-order chi connectivity index (χ1) is 14.2. The van der Waals surface area contributed by atoms with Gasteiger partial charge in [0.25, 0.3) is 0 Å². The van der Waals surface area contributed by atoms with Crippen LogP contribution in [0.1, 0.15) is 30.9 Å². The Balaban J connectivity index is 1.58. The van der Waals surface area contributed by atoms with E-state index in [0.29, 0.717) is 6.54 Å². The van der Waals surface area contributed by atoms with Crippen LogP contribution >= 0.6 is 11.8 Å². The highest BCUT2D eigenvalue weighted by atomic mass is 32.2. The number of nitrogens with one attached hydrogen (secondary N) is 1. The number of hydrogen-bond acceptors (Lipinski definition) is 5. The van der Waals surface area contributed by atoms with Crippen molar-refractivity contribution in [3.63, 3.8) is 0 Å². The Morgan fingerprint density at radius 1 is 1.24 bits per heavy atom. The van der Waals surface area contributed by atoms with Gasteiger partial charge in [-0.3, -0.25) is 0 Å². The first-order valence-corrected chi connectivity index (χ1v) is 11.7. The van der Waals surface area contributed by atoms with E-state index in [1.807, 2.05) is 60.6 Å². The van der Waals surface area contributed by atoms with Gasteiger partial charge in [0.2, 0.25) is 0 Å². The third-order valence-corrected chi connectivity index (χ3v) is 5.85. The van der Waals surface area contributed by atoms with E-state index >= 15 is 0 Å². The van der Waals surface area contributed by atoms with Crippen molar-refractivity contribution in [3.05, 3.63) is 42.0 Å². The number of aryl methyl sites for hydroxylation is 1. The summed E-state index contributed by atoms with van der Waals surface area (Å²) in [5.74, 6) is 4.85. The highest BCUT2D eigenvalue weighted by molar-refractivity contribution is 7.98. The normalized spacial score (nSPS) is 15.6. The molecule has 1 fully saturated rings. The predicted octanol–water partition coefficient (Wildman–Crippen LogP) is 2.87. The van der Waals surface area contributed by atoms with E-state index in [9.17, 15) is 0 Å². The number of likely N-dealkylation sites (tertiary alicyclic amines) is 1. The molecule has 7 nitrogen and oxygen atoms in total. The summed E-state index contributed by atoms with van der Waals surface area (Å²) in [5, 5.41) is 11.9. The summed E-state index contributed by atoms with van der Waals surface area (Å²) in [6.07, 6.45) is 5.50. The molecule has 0 saturated carbocycles. The first-order valence-electron chi connectivity index (χ1n) is 10.3. The van der Waals surface area contributed by atoms with E-state index < -0.39 is 0 Å². The average Bonchev–Trinajstić information content (AvgIpc) is 3.07. The number of aliphatic imine (C=N–C) groups is 1. The number of para-hydroxylation sites is 1. The summed E-state index contributed by atoms with van der Waals surface area (Å²) in [5.41, 5.74) is 0. The lowest BCUT2D eigenvalue weighted by atomic mass is 10.1. The zero-order valence-corrected chi connectivity index (χ0v) is 18.5. The summed E-state index contributed by atoms with van der Waals surface area (Å²) < 4.78 is 8.13. The molecule has 1 aliphatic rings. The van der Waals surface area contributed by atoms with Crippen LogP contribution in [0.25, 0.3) is 0 Å². The number of aromatic nitrogens is 3. The maximum absolute atomic E-state index is 6.13. The van der Waals surface area contributed by atoms with Crippen LogP contribution < -0.4 is 10.1 Å². The molecule has 0 spiro atoms. The summed E-state index contributed by atoms with van der Waals surface area (Å²) in [6, 6.07) is 10.1. The second-order valence-corrected chi connectivity index (χ2v) is 8.24. The fourth-order valence-corrected chi connectivity index (χ4v) is 3.73. The van der Waals surface area contributed by atoms with Gasteiger partial charge in [-0.05, 0) is 37.5 Å². The van der Waals surface area contributed by atoms with Crippen LogP contribution in [-0.2, 0) is 13.6 Å². The molecular weight excluding hydrogens is 384 g/mol. The van der Waals surface area contributed by atoms with Gasteiger partial charge in [-0.15, -0.1) is 10.2 Å². The molecule has 1 aliphatic heterocycles. The fraction of sp³-hybridized carbons (Fsp3) is 0.571. The van der Waals surface area contributed by atoms with E-state index in [2.05, 4.69) is 26.7 Å². The molecule has 3 rings (SSSR count). The SMILES string of the molecule is CSCCCNC(=NCc1nnc(C)n1C)N1CCC(Oc2ccccc2)CC1. The van der Waals surface area contributed by atoms with Crippen molar-refractivity contribution in [2.75, 3.05) is 31.6 Å². The Labute approximate surface area is 177 Å². The number of piperidine rings is 1. The van der Waals surface area contributed by atoms with Gasteiger partial charge in [0.1, 0.15) is 24.2 Å². The zero-order chi connectivity index (χ0) is 20.5. The van der Waals surface area contributed by atoms with Gasteiger partial charge in [0.05, 0.1) is 0 Å². The minimum Gasteiger partial charge on any atom is -0.490 e. The predicted molar refractivity (Wildman–Crippen MR) is 120 cm³/mol. The molecule has 29 heavy (non-hydrogen) atoms. The third-order valence-electron chi connectivity index (χ3n) is 5.15. The zero-order valence-electron chi connectivity index (χ0n) is 17.7. The van der Waals surface area contributed by atoms with E-state index in [1.165, 1.54) is 0 Å². The van der Waals surface area contributed by atoms with E-state index in [-0.39, 0.29) is 6.10 Å².